The fourth-order valence-electron chi connectivity index (χ4n) is 2.04. The van der Waals surface area contributed by atoms with E-state index in [1.165, 1.54) is 17.4 Å². The van der Waals surface area contributed by atoms with Crippen molar-refractivity contribution in [2.45, 2.75) is 6.54 Å². The summed E-state index contributed by atoms with van der Waals surface area (Å²) in [6.45, 7) is -0.221. The second kappa shape index (κ2) is 7.17. The van der Waals surface area contributed by atoms with Crippen LogP contribution < -0.4 is 10.9 Å². The molecule has 0 aliphatic carbocycles. The first-order chi connectivity index (χ1) is 11.5. The van der Waals surface area contributed by atoms with Crippen LogP contribution in [0.4, 0.5) is 5.69 Å². The Labute approximate surface area is 151 Å². The van der Waals surface area contributed by atoms with Crippen LogP contribution in [0.2, 0.25) is 10.0 Å². The Balaban J connectivity index is 1.80. The molecule has 0 bridgehead atoms. The number of amides is 1. The van der Waals surface area contributed by atoms with Crippen LogP contribution in [0, 0.1) is 0 Å². The molecule has 0 aliphatic rings. The number of halogens is 2. The molecule has 0 atom stereocenters. The molecule has 5 nitrogen and oxygen atoms in total. The number of nitrogens with zero attached hydrogens (tertiary/aromatic N) is 2. The lowest BCUT2D eigenvalue weighted by atomic mass is 10.3. The molecule has 2 aromatic heterocycles. The number of hydrogen-bond donors (Lipinski definition) is 1. The minimum absolute atomic E-state index is 0.221. The highest BCUT2D eigenvalue weighted by Gasteiger charge is 2.11. The number of rotatable bonds is 4. The summed E-state index contributed by atoms with van der Waals surface area (Å²) >= 11 is 13.5. The van der Waals surface area contributed by atoms with Crippen molar-refractivity contribution in [3.63, 3.8) is 0 Å². The molecule has 0 saturated heterocycles. The number of carbonyl (C=O) groups is 1. The molecule has 3 aromatic rings. The first-order valence-electron chi connectivity index (χ1n) is 6.90. The van der Waals surface area contributed by atoms with Gasteiger partial charge in [0.25, 0.3) is 5.56 Å². The third-order valence-corrected chi connectivity index (χ3v) is 4.87. The van der Waals surface area contributed by atoms with Gasteiger partial charge in [-0.2, -0.15) is 5.10 Å². The van der Waals surface area contributed by atoms with E-state index in [2.05, 4.69) is 10.4 Å². The van der Waals surface area contributed by atoms with Gasteiger partial charge in [0.15, 0.2) is 0 Å². The van der Waals surface area contributed by atoms with Crippen LogP contribution >= 0.6 is 34.5 Å². The summed E-state index contributed by atoms with van der Waals surface area (Å²) < 4.78 is 1.11. The second-order valence-corrected chi connectivity index (χ2v) is 6.57. The van der Waals surface area contributed by atoms with Gasteiger partial charge in [-0.15, -0.1) is 11.3 Å². The van der Waals surface area contributed by atoms with Crippen molar-refractivity contribution in [1.82, 2.24) is 9.78 Å². The number of aromatic nitrogens is 2. The monoisotopic (exact) mass is 379 g/mol. The molecule has 1 amide bonds. The zero-order valence-electron chi connectivity index (χ0n) is 12.2. The molecular weight excluding hydrogens is 369 g/mol. The number of anilines is 1. The van der Waals surface area contributed by atoms with Crippen molar-refractivity contribution in [2.24, 2.45) is 0 Å². The summed E-state index contributed by atoms with van der Waals surface area (Å²) in [5, 5.41) is 9.36. The van der Waals surface area contributed by atoms with Crippen LogP contribution in [0.15, 0.2) is 52.6 Å². The summed E-state index contributed by atoms with van der Waals surface area (Å²) in [5.41, 5.74) is 0.664. The highest BCUT2D eigenvalue weighted by atomic mass is 35.5. The van der Waals surface area contributed by atoms with Gasteiger partial charge in [-0.05, 0) is 29.6 Å². The zero-order chi connectivity index (χ0) is 17.1. The Morgan fingerprint density at radius 1 is 1.17 bits per heavy atom. The third kappa shape index (κ3) is 3.67. The standard InChI is InChI=1S/C16H11Cl2N3O2S/c17-10-3-1-4-12(16(10)18)19-14(22)9-21-15(23)7-6-11(20-21)13-5-2-8-24-13/h1-8H,9H2,(H,19,22). The normalized spacial score (nSPS) is 10.6. The number of thiophene rings is 1. The Morgan fingerprint density at radius 2 is 2.00 bits per heavy atom. The van der Waals surface area contributed by atoms with Crippen molar-refractivity contribution in [3.05, 3.63) is 68.2 Å². The van der Waals surface area contributed by atoms with Crippen LogP contribution in [0.3, 0.4) is 0 Å². The molecule has 0 radical (unpaired) electrons. The maximum atomic E-state index is 12.2. The Morgan fingerprint density at radius 3 is 2.75 bits per heavy atom. The van der Waals surface area contributed by atoms with Crippen LogP contribution in [-0.4, -0.2) is 15.7 Å². The lowest BCUT2D eigenvalue weighted by molar-refractivity contribution is -0.117. The molecule has 1 N–H and O–H groups in total. The van der Waals surface area contributed by atoms with Gasteiger partial charge >= 0.3 is 0 Å². The highest BCUT2D eigenvalue weighted by molar-refractivity contribution is 7.13. The lowest BCUT2D eigenvalue weighted by Crippen LogP contribution is -2.29. The Bertz CT molecular complexity index is 939. The van der Waals surface area contributed by atoms with Crippen LogP contribution in [0.5, 0.6) is 0 Å². The van der Waals surface area contributed by atoms with Crippen molar-refractivity contribution in [1.29, 1.82) is 0 Å². The van der Waals surface area contributed by atoms with Crippen LogP contribution in [0.25, 0.3) is 10.6 Å². The average Bonchev–Trinajstić information content (AvgIpc) is 3.08. The van der Waals surface area contributed by atoms with Crippen molar-refractivity contribution in [3.8, 4) is 10.6 Å². The van der Waals surface area contributed by atoms with Gasteiger partial charge in [0.2, 0.25) is 5.91 Å². The van der Waals surface area contributed by atoms with E-state index in [9.17, 15) is 9.59 Å². The summed E-state index contributed by atoms with van der Waals surface area (Å²) in [7, 11) is 0. The lowest BCUT2D eigenvalue weighted by Gasteiger charge is -2.09. The topological polar surface area (TPSA) is 64.0 Å². The summed E-state index contributed by atoms with van der Waals surface area (Å²) in [6, 6.07) is 11.7. The molecule has 24 heavy (non-hydrogen) atoms. The van der Waals surface area contributed by atoms with Crippen molar-refractivity contribution >= 4 is 46.1 Å². The van der Waals surface area contributed by atoms with Gasteiger partial charge in [0, 0.05) is 6.07 Å². The minimum atomic E-state index is -0.419. The molecular formula is C16H11Cl2N3O2S. The third-order valence-electron chi connectivity index (χ3n) is 3.16. The molecule has 0 aliphatic heterocycles. The second-order valence-electron chi connectivity index (χ2n) is 4.84. The molecule has 0 saturated carbocycles. The van der Waals surface area contributed by atoms with E-state index in [0.717, 1.165) is 9.56 Å². The predicted molar refractivity (Wildman–Crippen MR) is 96.9 cm³/mol. The fraction of sp³-hybridized carbons (Fsp3) is 0.0625. The number of carbonyl (C=O) groups excluding carboxylic acids is 1. The predicted octanol–water partition coefficient (Wildman–Crippen LogP) is 3.92. The van der Waals surface area contributed by atoms with Crippen molar-refractivity contribution < 1.29 is 4.79 Å². The fourth-order valence-corrected chi connectivity index (χ4v) is 3.08. The molecule has 3 rings (SSSR count). The first kappa shape index (κ1) is 16.7. The zero-order valence-corrected chi connectivity index (χ0v) is 14.5. The van der Waals surface area contributed by atoms with Gasteiger partial charge in [-0.1, -0.05) is 35.3 Å². The highest BCUT2D eigenvalue weighted by Crippen LogP contribution is 2.29. The smallest absolute Gasteiger partial charge is 0.267 e. The molecule has 0 fully saturated rings. The van der Waals surface area contributed by atoms with Crippen LogP contribution in [0.1, 0.15) is 0 Å². The van der Waals surface area contributed by atoms with E-state index < -0.39 is 5.91 Å². The van der Waals surface area contributed by atoms with E-state index >= 15 is 0 Å². The van der Waals surface area contributed by atoms with E-state index in [1.54, 1.807) is 24.3 Å². The maximum absolute atomic E-state index is 12.2. The minimum Gasteiger partial charge on any atom is -0.323 e. The Kier molecular flexibility index (Phi) is 4.99. The number of nitrogens with one attached hydrogen (secondary N) is 1. The quantitative estimate of drug-likeness (QED) is 0.746. The van der Waals surface area contributed by atoms with E-state index in [0.29, 0.717) is 16.4 Å². The van der Waals surface area contributed by atoms with Gasteiger partial charge in [-0.25, -0.2) is 4.68 Å². The van der Waals surface area contributed by atoms with Gasteiger partial charge in [0.05, 0.1) is 20.6 Å². The average molecular weight is 380 g/mol. The molecule has 0 spiro atoms. The SMILES string of the molecule is O=C(Cn1nc(-c2cccs2)ccc1=O)Nc1cccc(Cl)c1Cl. The molecule has 8 heteroatoms. The maximum Gasteiger partial charge on any atom is 0.267 e. The van der Waals surface area contributed by atoms with Crippen molar-refractivity contribution in [2.75, 3.05) is 5.32 Å². The number of hydrogen-bond acceptors (Lipinski definition) is 4. The largest absolute Gasteiger partial charge is 0.323 e. The molecule has 122 valence electrons. The summed E-state index contributed by atoms with van der Waals surface area (Å²) in [4.78, 5) is 25.0. The molecule has 0 unspecified atom stereocenters. The first-order valence-corrected chi connectivity index (χ1v) is 8.54. The molecule has 2 heterocycles. The van der Waals surface area contributed by atoms with E-state index in [-0.39, 0.29) is 17.1 Å². The van der Waals surface area contributed by atoms with E-state index in [1.807, 2.05) is 17.5 Å². The van der Waals surface area contributed by atoms with Gasteiger partial charge in [-0.3, -0.25) is 9.59 Å². The summed E-state index contributed by atoms with van der Waals surface area (Å²) in [6.07, 6.45) is 0. The van der Waals surface area contributed by atoms with Gasteiger partial charge < -0.3 is 5.32 Å². The van der Waals surface area contributed by atoms with E-state index in [4.69, 9.17) is 23.2 Å². The van der Waals surface area contributed by atoms with Gasteiger partial charge in [0.1, 0.15) is 12.2 Å². The van der Waals surface area contributed by atoms with Crippen LogP contribution in [-0.2, 0) is 11.3 Å². The summed E-state index contributed by atoms with van der Waals surface area (Å²) in [5.74, 6) is -0.419. The molecule has 1 aromatic carbocycles. The Hall–Kier alpha value is -2.15. The number of benzene rings is 1.